The molecule has 1 fully saturated rings. The number of carbonyl (C=O) groups excluding carboxylic acids is 1. The predicted octanol–water partition coefficient (Wildman–Crippen LogP) is 6.69. The van der Waals surface area contributed by atoms with Crippen LogP contribution >= 0.6 is 0 Å². The Morgan fingerprint density at radius 2 is 1.98 bits per heavy atom. The largest absolute Gasteiger partial charge is 0.497 e. The average molecular weight is 554 g/mol. The van der Waals surface area contributed by atoms with E-state index >= 15 is 0 Å². The zero-order valence-corrected chi connectivity index (χ0v) is 23.8. The summed E-state index contributed by atoms with van der Waals surface area (Å²) in [6.45, 7) is 7.09. The van der Waals surface area contributed by atoms with E-state index in [1.54, 1.807) is 19.3 Å². The minimum absolute atomic E-state index is 0.126. The molecule has 2 aliphatic rings. The number of hydrogen-bond acceptors (Lipinski definition) is 4. The minimum atomic E-state index is -0.456. The van der Waals surface area contributed by atoms with Crippen molar-refractivity contribution in [3.05, 3.63) is 83.2 Å². The predicted molar refractivity (Wildman–Crippen MR) is 163 cm³/mol. The number of ether oxygens (including phenoxy) is 2. The van der Waals surface area contributed by atoms with Gasteiger partial charge in [0, 0.05) is 52.1 Å². The summed E-state index contributed by atoms with van der Waals surface area (Å²) in [5, 5.41) is 5.19. The van der Waals surface area contributed by atoms with E-state index in [-0.39, 0.29) is 11.7 Å². The standard InChI is InChI=1S/C34H36FN3O3/c1-34(2)15-12-26-32-28(27-19-25(40-3)9-10-30(27)37-32)18-23(33(26)41-34)8-11-31(39)36-20-22-13-16-38(17-14-22)21-24-6-4-5-7-29(24)35/h4-12,15,18-19,22,37H,13-14,16-17,20-21H2,1-3H3,(H,36,39)/b11-8+. The van der Waals surface area contributed by atoms with E-state index in [1.165, 1.54) is 6.07 Å². The van der Waals surface area contributed by atoms with Gasteiger partial charge in [-0.3, -0.25) is 9.69 Å². The van der Waals surface area contributed by atoms with Gasteiger partial charge in [0.1, 0.15) is 22.9 Å². The third-order valence-corrected chi connectivity index (χ3v) is 8.18. The Hall–Kier alpha value is -4.10. The van der Waals surface area contributed by atoms with Crippen LogP contribution in [0.4, 0.5) is 4.39 Å². The molecule has 6 nitrogen and oxygen atoms in total. The molecule has 1 amide bonds. The van der Waals surface area contributed by atoms with Crippen LogP contribution in [-0.4, -0.2) is 48.1 Å². The third-order valence-electron chi connectivity index (χ3n) is 8.18. The molecule has 2 N–H and O–H groups in total. The van der Waals surface area contributed by atoms with Crippen LogP contribution in [0.25, 0.3) is 34.0 Å². The number of aromatic nitrogens is 1. The maximum absolute atomic E-state index is 14.0. The van der Waals surface area contributed by atoms with Gasteiger partial charge in [-0.1, -0.05) is 18.2 Å². The van der Waals surface area contributed by atoms with E-state index in [0.717, 1.165) is 75.9 Å². The van der Waals surface area contributed by atoms with Crippen LogP contribution in [0.3, 0.4) is 0 Å². The number of rotatable bonds is 7. The van der Waals surface area contributed by atoms with Crippen LogP contribution in [0, 0.1) is 11.7 Å². The van der Waals surface area contributed by atoms with Gasteiger partial charge in [-0.2, -0.15) is 0 Å². The SMILES string of the molecule is COc1ccc2[nH]c3c4c(c(/C=C/C(=O)NCC5CCN(Cc6ccccc6F)CC5)cc3c2c1)OC(C)(C)C=C4. The number of hydrogen-bond donors (Lipinski definition) is 2. The number of fused-ring (bicyclic) bond motifs is 5. The molecule has 3 heterocycles. The Bertz CT molecular complexity index is 1660. The van der Waals surface area contributed by atoms with E-state index in [4.69, 9.17) is 9.47 Å². The fourth-order valence-corrected chi connectivity index (χ4v) is 5.83. The number of methoxy groups -OCH3 is 1. The van der Waals surface area contributed by atoms with Gasteiger partial charge in [-0.15, -0.1) is 0 Å². The summed E-state index contributed by atoms with van der Waals surface area (Å²) in [4.78, 5) is 18.7. The lowest BCUT2D eigenvalue weighted by molar-refractivity contribution is -0.116. The van der Waals surface area contributed by atoms with Crippen LogP contribution in [-0.2, 0) is 11.3 Å². The molecule has 212 valence electrons. The highest BCUT2D eigenvalue weighted by Gasteiger charge is 2.26. The van der Waals surface area contributed by atoms with Crippen molar-refractivity contribution in [2.24, 2.45) is 5.92 Å². The Morgan fingerprint density at radius 3 is 2.76 bits per heavy atom. The monoisotopic (exact) mass is 553 g/mol. The van der Waals surface area contributed by atoms with Crippen molar-refractivity contribution in [3.63, 3.8) is 0 Å². The van der Waals surface area contributed by atoms with E-state index in [2.05, 4.69) is 33.4 Å². The highest BCUT2D eigenvalue weighted by Crippen LogP contribution is 2.42. The molecule has 0 aliphatic carbocycles. The van der Waals surface area contributed by atoms with Crippen LogP contribution in [0.15, 0.2) is 60.7 Å². The van der Waals surface area contributed by atoms with Gasteiger partial charge in [0.05, 0.1) is 12.6 Å². The maximum Gasteiger partial charge on any atom is 0.244 e. The summed E-state index contributed by atoms with van der Waals surface area (Å²) in [6.07, 6.45) is 9.55. The topological polar surface area (TPSA) is 66.6 Å². The van der Waals surface area contributed by atoms with Gasteiger partial charge in [0.15, 0.2) is 0 Å². The van der Waals surface area contributed by atoms with Gasteiger partial charge in [0.2, 0.25) is 5.91 Å². The highest BCUT2D eigenvalue weighted by atomic mass is 19.1. The molecule has 0 spiro atoms. The summed E-state index contributed by atoms with van der Waals surface area (Å²) in [6, 6.07) is 15.0. The Labute approximate surface area is 239 Å². The van der Waals surface area contributed by atoms with Gasteiger partial charge in [-0.25, -0.2) is 4.39 Å². The van der Waals surface area contributed by atoms with Gasteiger partial charge in [-0.05, 0) is 94.3 Å². The second-order valence-corrected chi connectivity index (χ2v) is 11.6. The number of aromatic amines is 1. The smallest absolute Gasteiger partial charge is 0.244 e. The number of H-pyrrole nitrogens is 1. The normalized spacial score (nSPS) is 17.2. The summed E-state index contributed by atoms with van der Waals surface area (Å²) in [5.41, 5.74) is 4.11. The van der Waals surface area contributed by atoms with E-state index in [9.17, 15) is 9.18 Å². The number of amides is 1. The van der Waals surface area contributed by atoms with Crippen molar-refractivity contribution in [2.75, 3.05) is 26.7 Å². The molecule has 0 saturated carbocycles. The molecule has 41 heavy (non-hydrogen) atoms. The van der Waals surface area contributed by atoms with E-state index < -0.39 is 5.60 Å². The Morgan fingerprint density at radius 1 is 1.17 bits per heavy atom. The first kappa shape index (κ1) is 27.1. The molecule has 6 rings (SSSR count). The fraction of sp³-hybridized carbons (Fsp3) is 0.324. The molecular formula is C34H36FN3O3. The molecule has 1 aromatic heterocycles. The molecule has 2 aliphatic heterocycles. The van der Waals surface area contributed by atoms with Crippen molar-refractivity contribution >= 4 is 39.9 Å². The summed E-state index contributed by atoms with van der Waals surface area (Å²) in [5.74, 6) is 1.68. The zero-order valence-electron chi connectivity index (χ0n) is 23.8. The molecule has 3 aromatic carbocycles. The first-order chi connectivity index (χ1) is 19.8. The Balaban J connectivity index is 1.15. The second kappa shape index (κ2) is 11.1. The fourth-order valence-electron chi connectivity index (χ4n) is 5.83. The van der Waals surface area contributed by atoms with Crippen LogP contribution in [0.5, 0.6) is 11.5 Å². The lowest BCUT2D eigenvalue weighted by Gasteiger charge is -2.32. The maximum atomic E-state index is 14.0. The van der Waals surface area contributed by atoms with Gasteiger partial charge >= 0.3 is 0 Å². The van der Waals surface area contributed by atoms with Crippen LogP contribution in [0.2, 0.25) is 0 Å². The number of likely N-dealkylation sites (tertiary alicyclic amines) is 1. The minimum Gasteiger partial charge on any atom is -0.497 e. The Kier molecular flexibility index (Phi) is 7.30. The molecule has 7 heteroatoms. The summed E-state index contributed by atoms with van der Waals surface area (Å²) >= 11 is 0. The number of halogens is 1. The van der Waals surface area contributed by atoms with Crippen molar-refractivity contribution < 1.29 is 18.7 Å². The van der Waals surface area contributed by atoms with Crippen molar-refractivity contribution in [1.29, 1.82) is 0 Å². The molecular weight excluding hydrogens is 517 g/mol. The lowest BCUT2D eigenvalue weighted by Crippen LogP contribution is -2.38. The number of nitrogens with zero attached hydrogens (tertiary/aromatic N) is 1. The van der Waals surface area contributed by atoms with Crippen molar-refractivity contribution in [2.45, 2.75) is 38.8 Å². The third kappa shape index (κ3) is 5.72. The molecule has 0 atom stereocenters. The summed E-state index contributed by atoms with van der Waals surface area (Å²) < 4.78 is 25.9. The molecule has 0 radical (unpaired) electrons. The second-order valence-electron chi connectivity index (χ2n) is 11.6. The van der Waals surface area contributed by atoms with Crippen molar-refractivity contribution in [3.8, 4) is 11.5 Å². The van der Waals surface area contributed by atoms with Crippen molar-refractivity contribution in [1.82, 2.24) is 15.2 Å². The molecule has 1 saturated heterocycles. The van der Waals surface area contributed by atoms with Crippen LogP contribution < -0.4 is 14.8 Å². The number of piperidine rings is 1. The number of nitrogens with one attached hydrogen (secondary N) is 2. The van der Waals surface area contributed by atoms with Gasteiger partial charge < -0.3 is 19.8 Å². The van der Waals surface area contributed by atoms with Crippen LogP contribution in [0.1, 0.15) is 43.4 Å². The highest BCUT2D eigenvalue weighted by molar-refractivity contribution is 6.12. The van der Waals surface area contributed by atoms with E-state index in [1.807, 2.05) is 50.3 Å². The quantitative estimate of drug-likeness (QED) is 0.250. The number of carbonyl (C=O) groups is 1. The zero-order chi connectivity index (χ0) is 28.6. The molecule has 0 unspecified atom stereocenters. The summed E-state index contributed by atoms with van der Waals surface area (Å²) in [7, 11) is 1.67. The number of benzene rings is 3. The molecule has 0 bridgehead atoms. The average Bonchev–Trinajstić information content (AvgIpc) is 3.33. The first-order valence-corrected chi connectivity index (χ1v) is 14.3. The molecule has 4 aromatic rings. The first-order valence-electron chi connectivity index (χ1n) is 14.3. The lowest BCUT2D eigenvalue weighted by atomic mass is 9.96. The van der Waals surface area contributed by atoms with Gasteiger partial charge in [0.25, 0.3) is 0 Å². The van der Waals surface area contributed by atoms with E-state index in [0.29, 0.717) is 19.0 Å².